The maximum atomic E-state index is 12.8. The summed E-state index contributed by atoms with van der Waals surface area (Å²) in [6.07, 6.45) is 0. The van der Waals surface area contributed by atoms with Crippen LogP contribution in [0.2, 0.25) is 5.02 Å². The van der Waals surface area contributed by atoms with Gasteiger partial charge < -0.3 is 0 Å². The quantitative estimate of drug-likeness (QED) is 0.518. The number of aryl methyl sites for hydroxylation is 3. The number of carbonyl (C=O) groups is 1. The second-order valence-electron chi connectivity index (χ2n) is 6.76. The predicted molar refractivity (Wildman–Crippen MR) is 117 cm³/mol. The molecule has 4 aromatic rings. The molecule has 4 rings (SSSR count). The minimum atomic E-state index is -0.607. The second-order valence-corrected chi connectivity index (χ2v) is 8.20. The number of fused-ring (bicyclic) bond motifs is 1. The third-order valence-electron chi connectivity index (χ3n) is 4.45. The molecule has 0 aliphatic rings. The van der Waals surface area contributed by atoms with Gasteiger partial charge in [0.05, 0.1) is 20.9 Å². The summed E-state index contributed by atoms with van der Waals surface area (Å²) in [6, 6.07) is 12.5. The van der Waals surface area contributed by atoms with E-state index in [0.717, 1.165) is 21.3 Å². The Morgan fingerprint density at radius 3 is 2.66 bits per heavy atom. The fourth-order valence-electron chi connectivity index (χ4n) is 3.15. The minimum Gasteiger partial charge on any atom is -0.296 e. The molecule has 0 aliphatic heterocycles. The Morgan fingerprint density at radius 2 is 1.90 bits per heavy atom. The number of aromatic nitrogens is 3. The Labute approximate surface area is 175 Å². The normalized spacial score (nSPS) is 11.0. The molecule has 0 fully saturated rings. The molecular formula is C21H17ClN4O2S. The van der Waals surface area contributed by atoms with E-state index >= 15 is 0 Å². The van der Waals surface area contributed by atoms with Crippen molar-refractivity contribution in [2.75, 3.05) is 5.32 Å². The lowest BCUT2D eigenvalue weighted by atomic mass is 10.1. The summed E-state index contributed by atoms with van der Waals surface area (Å²) >= 11 is 7.62. The van der Waals surface area contributed by atoms with Crippen LogP contribution in [0.4, 0.5) is 5.13 Å². The summed E-state index contributed by atoms with van der Waals surface area (Å²) in [7, 11) is 0. The molecule has 2 aromatic carbocycles. The first kappa shape index (κ1) is 19.3. The van der Waals surface area contributed by atoms with Gasteiger partial charge in [0, 0.05) is 11.8 Å². The van der Waals surface area contributed by atoms with Gasteiger partial charge in [0.2, 0.25) is 5.43 Å². The molecule has 6 nitrogen and oxygen atoms in total. The van der Waals surface area contributed by atoms with Crippen LogP contribution in [0.1, 0.15) is 27.3 Å². The number of carbonyl (C=O) groups excluding carboxylic acids is 1. The maximum absolute atomic E-state index is 12.8. The molecule has 0 atom stereocenters. The average molecular weight is 425 g/mol. The largest absolute Gasteiger partial charge is 0.296 e. The molecule has 8 heteroatoms. The van der Waals surface area contributed by atoms with Gasteiger partial charge in [-0.1, -0.05) is 41.1 Å². The van der Waals surface area contributed by atoms with E-state index in [9.17, 15) is 9.59 Å². The summed E-state index contributed by atoms with van der Waals surface area (Å²) in [5.41, 5.74) is 3.48. The molecule has 146 valence electrons. The van der Waals surface area contributed by atoms with E-state index in [1.54, 1.807) is 25.1 Å². The number of para-hydroxylation sites is 1. The van der Waals surface area contributed by atoms with Crippen LogP contribution in [0.25, 0.3) is 15.9 Å². The molecular weight excluding hydrogens is 408 g/mol. The number of hydrogen-bond donors (Lipinski definition) is 1. The van der Waals surface area contributed by atoms with Crippen molar-refractivity contribution in [1.29, 1.82) is 0 Å². The third-order valence-corrected chi connectivity index (χ3v) is 5.69. The Bertz CT molecular complexity index is 1330. The van der Waals surface area contributed by atoms with Gasteiger partial charge >= 0.3 is 0 Å². The summed E-state index contributed by atoms with van der Waals surface area (Å²) in [5, 5.41) is 7.87. The molecule has 1 amide bonds. The number of benzene rings is 2. The van der Waals surface area contributed by atoms with Crippen LogP contribution in [0, 0.1) is 20.8 Å². The number of anilines is 1. The monoisotopic (exact) mass is 424 g/mol. The fourth-order valence-corrected chi connectivity index (χ4v) is 4.41. The van der Waals surface area contributed by atoms with Crippen LogP contribution in [-0.4, -0.2) is 20.7 Å². The number of nitrogens with one attached hydrogen (secondary N) is 1. The van der Waals surface area contributed by atoms with Crippen molar-refractivity contribution in [3.63, 3.8) is 0 Å². The SMILES string of the molecule is Cc1cc(C)c2nc(NC(=O)c3nn(-c4ccccc4Cl)c(C)cc3=O)sc2c1. The van der Waals surface area contributed by atoms with Crippen LogP contribution >= 0.6 is 22.9 Å². The predicted octanol–water partition coefficient (Wildman–Crippen LogP) is 4.67. The highest BCUT2D eigenvalue weighted by atomic mass is 35.5. The highest BCUT2D eigenvalue weighted by molar-refractivity contribution is 7.22. The first-order valence-electron chi connectivity index (χ1n) is 8.88. The zero-order valence-electron chi connectivity index (χ0n) is 16.0. The summed E-state index contributed by atoms with van der Waals surface area (Å²) in [6.45, 7) is 5.72. The van der Waals surface area contributed by atoms with E-state index in [2.05, 4.69) is 15.4 Å². The van der Waals surface area contributed by atoms with E-state index in [4.69, 9.17) is 11.6 Å². The zero-order valence-corrected chi connectivity index (χ0v) is 17.6. The van der Waals surface area contributed by atoms with Crippen LogP contribution in [0.15, 0.2) is 47.3 Å². The Hall–Kier alpha value is -3.03. The first-order chi connectivity index (χ1) is 13.8. The van der Waals surface area contributed by atoms with E-state index in [0.29, 0.717) is 21.5 Å². The second kappa shape index (κ2) is 7.42. The summed E-state index contributed by atoms with van der Waals surface area (Å²) in [4.78, 5) is 29.7. The Kier molecular flexibility index (Phi) is 4.94. The van der Waals surface area contributed by atoms with Crippen molar-refractivity contribution in [3.8, 4) is 5.69 Å². The van der Waals surface area contributed by atoms with E-state index < -0.39 is 11.3 Å². The standard InChI is InChI=1S/C21H17ClN4O2S/c1-11-8-12(2)18-17(9-11)29-21(23-18)24-20(28)19-16(27)10-13(3)26(25-19)15-7-5-4-6-14(15)22/h4-10H,1-3H3,(H,23,24,28). The van der Waals surface area contributed by atoms with Crippen molar-refractivity contribution >= 4 is 44.2 Å². The van der Waals surface area contributed by atoms with Crippen molar-refractivity contribution in [2.45, 2.75) is 20.8 Å². The molecule has 29 heavy (non-hydrogen) atoms. The number of amides is 1. The molecule has 0 saturated carbocycles. The maximum Gasteiger partial charge on any atom is 0.281 e. The van der Waals surface area contributed by atoms with Gasteiger partial charge in [-0.15, -0.1) is 0 Å². The van der Waals surface area contributed by atoms with Crippen molar-refractivity contribution < 1.29 is 4.79 Å². The van der Waals surface area contributed by atoms with Gasteiger partial charge in [-0.2, -0.15) is 5.10 Å². The molecule has 2 aromatic heterocycles. The van der Waals surface area contributed by atoms with Crippen LogP contribution in [0.5, 0.6) is 0 Å². The molecule has 0 aliphatic carbocycles. The topological polar surface area (TPSA) is 76.9 Å². The van der Waals surface area contributed by atoms with Gasteiger partial charge in [-0.05, 0) is 50.1 Å². The van der Waals surface area contributed by atoms with E-state index in [1.807, 2.05) is 32.0 Å². The molecule has 0 radical (unpaired) electrons. The highest BCUT2D eigenvalue weighted by Crippen LogP contribution is 2.29. The lowest BCUT2D eigenvalue weighted by Gasteiger charge is -2.12. The first-order valence-corrected chi connectivity index (χ1v) is 10.1. The summed E-state index contributed by atoms with van der Waals surface area (Å²) < 4.78 is 2.47. The van der Waals surface area contributed by atoms with Gasteiger partial charge in [-0.3, -0.25) is 14.9 Å². The molecule has 2 heterocycles. The lowest BCUT2D eigenvalue weighted by molar-refractivity contribution is 0.101. The van der Waals surface area contributed by atoms with Crippen LogP contribution in [-0.2, 0) is 0 Å². The summed E-state index contributed by atoms with van der Waals surface area (Å²) in [5.74, 6) is -0.607. The van der Waals surface area contributed by atoms with Crippen molar-refractivity contribution in [1.82, 2.24) is 14.8 Å². The van der Waals surface area contributed by atoms with Gasteiger partial charge in [0.15, 0.2) is 10.8 Å². The molecule has 0 unspecified atom stereocenters. The number of nitrogens with zero attached hydrogens (tertiary/aromatic N) is 3. The number of hydrogen-bond acceptors (Lipinski definition) is 5. The number of halogens is 1. The molecule has 0 bridgehead atoms. The molecule has 0 saturated heterocycles. The average Bonchev–Trinajstić information content (AvgIpc) is 3.05. The van der Waals surface area contributed by atoms with Crippen molar-refractivity contribution in [3.05, 3.63) is 80.2 Å². The number of thiazole rings is 1. The van der Waals surface area contributed by atoms with E-state index in [1.165, 1.54) is 22.1 Å². The molecule has 0 spiro atoms. The smallest absolute Gasteiger partial charge is 0.281 e. The lowest BCUT2D eigenvalue weighted by Crippen LogP contribution is -2.26. The van der Waals surface area contributed by atoms with Crippen LogP contribution in [0.3, 0.4) is 0 Å². The Balaban J connectivity index is 1.72. The third kappa shape index (κ3) is 3.66. The molecule has 1 N–H and O–H groups in total. The van der Waals surface area contributed by atoms with E-state index in [-0.39, 0.29) is 5.69 Å². The fraction of sp³-hybridized carbons (Fsp3) is 0.143. The Morgan fingerprint density at radius 1 is 1.14 bits per heavy atom. The van der Waals surface area contributed by atoms with Gasteiger partial charge in [0.25, 0.3) is 5.91 Å². The number of rotatable bonds is 3. The minimum absolute atomic E-state index is 0.220. The highest BCUT2D eigenvalue weighted by Gasteiger charge is 2.18. The van der Waals surface area contributed by atoms with Gasteiger partial charge in [-0.25, -0.2) is 9.67 Å². The van der Waals surface area contributed by atoms with Gasteiger partial charge in [0.1, 0.15) is 0 Å². The van der Waals surface area contributed by atoms with Crippen molar-refractivity contribution in [2.24, 2.45) is 0 Å². The van der Waals surface area contributed by atoms with Crippen LogP contribution < -0.4 is 10.7 Å². The zero-order chi connectivity index (χ0) is 20.7.